The van der Waals surface area contributed by atoms with Crippen molar-refractivity contribution in [1.29, 1.82) is 0 Å². The molecule has 2 atom stereocenters. The molecule has 0 saturated heterocycles. The van der Waals surface area contributed by atoms with Crippen LogP contribution < -0.4 is 14.8 Å². The molecule has 3 rings (SSSR count). The third-order valence-corrected chi connectivity index (χ3v) is 5.77. The van der Waals surface area contributed by atoms with Gasteiger partial charge in [0.05, 0.1) is 19.1 Å². The number of hydrogen-bond acceptors (Lipinski definition) is 5. The summed E-state index contributed by atoms with van der Waals surface area (Å²) in [6, 6.07) is 4.80. The number of carbonyl (C=O) groups excluding carboxylic acids is 2. The normalized spacial score (nSPS) is 25.5. The van der Waals surface area contributed by atoms with Crippen LogP contribution in [0.15, 0.2) is 18.2 Å². The minimum Gasteiger partial charge on any atom is -0.495 e. The molecule has 2 saturated carbocycles. The van der Waals surface area contributed by atoms with Crippen LogP contribution in [0.25, 0.3) is 0 Å². The van der Waals surface area contributed by atoms with Crippen molar-refractivity contribution in [3.8, 4) is 5.75 Å². The number of fused-ring (bicyclic) bond motifs is 2. The van der Waals surface area contributed by atoms with Crippen molar-refractivity contribution < 1.29 is 22.7 Å². The highest BCUT2D eigenvalue weighted by Gasteiger charge is 2.41. The second-order valence-electron chi connectivity index (χ2n) is 7.17. The van der Waals surface area contributed by atoms with Crippen molar-refractivity contribution in [2.45, 2.75) is 32.1 Å². The summed E-state index contributed by atoms with van der Waals surface area (Å²) < 4.78 is 30.5. The van der Waals surface area contributed by atoms with Gasteiger partial charge in [-0.2, -0.15) is 0 Å². The molecule has 8 heteroatoms. The number of methoxy groups -OCH3 is 1. The van der Waals surface area contributed by atoms with Gasteiger partial charge in [0.15, 0.2) is 0 Å². The Balaban J connectivity index is 1.73. The van der Waals surface area contributed by atoms with Gasteiger partial charge in [-0.05, 0) is 43.9 Å². The van der Waals surface area contributed by atoms with E-state index in [0.29, 0.717) is 30.1 Å². The summed E-state index contributed by atoms with van der Waals surface area (Å²) in [5.74, 6) is 0.407. The molecule has 2 fully saturated rings. The molecule has 2 unspecified atom stereocenters. The first-order chi connectivity index (χ1) is 12.3. The second-order valence-corrected chi connectivity index (χ2v) is 8.92. The lowest BCUT2D eigenvalue weighted by molar-refractivity contribution is -0.136. The number of hydrogen-bond donors (Lipinski definition) is 2. The van der Waals surface area contributed by atoms with Crippen LogP contribution in [0.3, 0.4) is 0 Å². The van der Waals surface area contributed by atoms with Gasteiger partial charge in [-0.3, -0.25) is 14.3 Å². The molecule has 142 valence electrons. The van der Waals surface area contributed by atoms with E-state index in [4.69, 9.17) is 4.74 Å². The van der Waals surface area contributed by atoms with E-state index in [1.165, 1.54) is 13.2 Å². The summed E-state index contributed by atoms with van der Waals surface area (Å²) in [5.41, 5.74) is 0.757. The highest BCUT2D eigenvalue weighted by Crippen LogP contribution is 2.40. The Hall–Kier alpha value is -2.09. The summed E-state index contributed by atoms with van der Waals surface area (Å²) in [7, 11) is -2.03. The summed E-state index contributed by atoms with van der Waals surface area (Å²) in [6.07, 6.45) is 5.08. The van der Waals surface area contributed by atoms with Crippen LogP contribution in [0, 0.1) is 17.8 Å². The molecule has 1 aromatic carbocycles. The highest BCUT2D eigenvalue weighted by atomic mass is 32.2. The molecular weight excluding hydrogens is 356 g/mol. The number of ketones is 1. The Labute approximate surface area is 153 Å². The van der Waals surface area contributed by atoms with E-state index in [9.17, 15) is 18.0 Å². The number of Topliss-reactive ketones (excluding diaryl/α,β-unsaturated/α-hetero) is 1. The minimum absolute atomic E-state index is 0.0107. The van der Waals surface area contributed by atoms with Crippen LogP contribution in [0.5, 0.6) is 5.75 Å². The van der Waals surface area contributed by atoms with Crippen molar-refractivity contribution in [1.82, 2.24) is 0 Å². The van der Waals surface area contributed by atoms with E-state index < -0.39 is 10.0 Å². The summed E-state index contributed by atoms with van der Waals surface area (Å²) in [4.78, 5) is 24.8. The lowest BCUT2D eigenvalue weighted by Crippen LogP contribution is -2.40. The zero-order valence-corrected chi connectivity index (χ0v) is 15.8. The summed E-state index contributed by atoms with van der Waals surface area (Å²) in [6.45, 7) is 0. The molecule has 0 spiro atoms. The predicted molar refractivity (Wildman–Crippen MR) is 98.7 cm³/mol. The van der Waals surface area contributed by atoms with Gasteiger partial charge in [0.1, 0.15) is 11.5 Å². The topological polar surface area (TPSA) is 102 Å². The maximum atomic E-state index is 12.7. The first-order valence-corrected chi connectivity index (χ1v) is 10.7. The molecule has 1 amide bonds. The minimum atomic E-state index is -3.47. The van der Waals surface area contributed by atoms with Crippen LogP contribution in [-0.4, -0.2) is 33.5 Å². The molecule has 1 aromatic rings. The fourth-order valence-electron chi connectivity index (χ4n) is 4.00. The van der Waals surface area contributed by atoms with Crippen LogP contribution in [-0.2, 0) is 19.6 Å². The first kappa shape index (κ1) is 18.7. The fraction of sp³-hybridized carbons (Fsp3) is 0.556. The summed E-state index contributed by atoms with van der Waals surface area (Å²) in [5, 5.41) is 2.85. The van der Waals surface area contributed by atoms with Crippen LogP contribution >= 0.6 is 0 Å². The van der Waals surface area contributed by atoms with Crippen molar-refractivity contribution in [3.05, 3.63) is 18.2 Å². The van der Waals surface area contributed by atoms with Gasteiger partial charge < -0.3 is 10.1 Å². The van der Waals surface area contributed by atoms with Gasteiger partial charge in [0.25, 0.3) is 0 Å². The van der Waals surface area contributed by atoms with Gasteiger partial charge in [-0.15, -0.1) is 0 Å². The standard InChI is InChI=1S/C18H24N2O5S/c1-25-16-7-6-14(10-15(16)20-26(2,23)24)19-18(22)13-8-11-4-3-5-12(9-13)17(11)21/h6-7,10-13,20H,3-5,8-9H2,1-2H3,(H,19,22). The molecule has 0 aliphatic heterocycles. The number of sulfonamides is 1. The molecule has 0 radical (unpaired) electrons. The first-order valence-electron chi connectivity index (χ1n) is 8.77. The molecule has 2 N–H and O–H groups in total. The number of carbonyl (C=O) groups is 2. The lowest BCUT2D eigenvalue weighted by Gasteiger charge is -2.36. The van der Waals surface area contributed by atoms with Gasteiger partial charge in [-0.1, -0.05) is 6.42 Å². The third kappa shape index (κ3) is 4.17. The van der Waals surface area contributed by atoms with Crippen LogP contribution in [0.4, 0.5) is 11.4 Å². The molecule has 26 heavy (non-hydrogen) atoms. The number of nitrogens with one attached hydrogen (secondary N) is 2. The smallest absolute Gasteiger partial charge is 0.229 e. The maximum Gasteiger partial charge on any atom is 0.229 e. The average molecular weight is 380 g/mol. The Morgan fingerprint density at radius 3 is 2.42 bits per heavy atom. The third-order valence-electron chi connectivity index (χ3n) is 5.18. The lowest BCUT2D eigenvalue weighted by atomic mass is 9.67. The largest absolute Gasteiger partial charge is 0.495 e. The van der Waals surface area contributed by atoms with E-state index in [0.717, 1.165) is 25.5 Å². The Kier molecular flexibility index (Phi) is 5.22. The van der Waals surface area contributed by atoms with E-state index in [1.807, 2.05) is 0 Å². The van der Waals surface area contributed by atoms with E-state index in [1.54, 1.807) is 12.1 Å². The number of rotatable bonds is 5. The zero-order valence-electron chi connectivity index (χ0n) is 14.9. The van der Waals surface area contributed by atoms with Gasteiger partial charge in [0.2, 0.25) is 15.9 Å². The Morgan fingerprint density at radius 2 is 1.85 bits per heavy atom. The van der Waals surface area contributed by atoms with Gasteiger partial charge in [0, 0.05) is 23.4 Å². The van der Waals surface area contributed by atoms with Crippen molar-refractivity contribution in [2.24, 2.45) is 17.8 Å². The molecule has 2 aliphatic rings. The van der Waals surface area contributed by atoms with E-state index >= 15 is 0 Å². The fourth-order valence-corrected chi connectivity index (χ4v) is 4.56. The monoisotopic (exact) mass is 380 g/mol. The number of ether oxygens (including phenoxy) is 1. The average Bonchev–Trinajstić information content (AvgIpc) is 2.53. The molecular formula is C18H24N2O5S. The molecule has 2 aliphatic carbocycles. The second kappa shape index (κ2) is 7.26. The Bertz CT molecular complexity index is 805. The molecule has 7 nitrogen and oxygen atoms in total. The predicted octanol–water partition coefficient (Wildman–Crippen LogP) is 2.40. The number of benzene rings is 1. The highest BCUT2D eigenvalue weighted by molar-refractivity contribution is 7.92. The number of anilines is 2. The maximum absolute atomic E-state index is 12.7. The SMILES string of the molecule is COc1ccc(NC(=O)C2CC3CCCC(C2)C3=O)cc1NS(C)(=O)=O. The molecule has 0 heterocycles. The molecule has 0 aromatic heterocycles. The zero-order chi connectivity index (χ0) is 18.9. The number of amides is 1. The van der Waals surface area contributed by atoms with Crippen LogP contribution in [0.1, 0.15) is 32.1 Å². The van der Waals surface area contributed by atoms with E-state index in [2.05, 4.69) is 10.0 Å². The quantitative estimate of drug-likeness (QED) is 0.817. The van der Waals surface area contributed by atoms with Crippen molar-refractivity contribution in [3.63, 3.8) is 0 Å². The molecule has 2 bridgehead atoms. The summed E-state index contributed by atoms with van der Waals surface area (Å²) >= 11 is 0. The van der Waals surface area contributed by atoms with Gasteiger partial charge in [-0.25, -0.2) is 8.42 Å². The van der Waals surface area contributed by atoms with Crippen LogP contribution in [0.2, 0.25) is 0 Å². The van der Waals surface area contributed by atoms with E-state index in [-0.39, 0.29) is 29.3 Å². The van der Waals surface area contributed by atoms with Gasteiger partial charge >= 0.3 is 0 Å². The van der Waals surface area contributed by atoms with Crippen molar-refractivity contribution >= 4 is 33.1 Å². The van der Waals surface area contributed by atoms with Crippen molar-refractivity contribution in [2.75, 3.05) is 23.4 Å². The Morgan fingerprint density at radius 1 is 1.19 bits per heavy atom.